The minimum Gasteiger partial charge on any atom is -0.398 e. The van der Waals surface area contributed by atoms with Crippen LogP contribution in [0.1, 0.15) is 21.6 Å². The summed E-state index contributed by atoms with van der Waals surface area (Å²) in [5.74, 6) is -0.0580. The van der Waals surface area contributed by atoms with Crippen molar-refractivity contribution in [2.75, 3.05) is 12.8 Å². The van der Waals surface area contributed by atoms with Crippen molar-refractivity contribution in [1.29, 1.82) is 0 Å². The first-order chi connectivity index (χ1) is 9.08. The van der Waals surface area contributed by atoms with E-state index in [9.17, 15) is 4.79 Å². The average molecular weight is 255 g/mol. The van der Waals surface area contributed by atoms with Crippen LogP contribution in [0.15, 0.2) is 42.6 Å². The van der Waals surface area contributed by atoms with Crippen molar-refractivity contribution in [3.05, 3.63) is 59.4 Å². The maximum absolute atomic E-state index is 12.3. The van der Waals surface area contributed by atoms with Crippen LogP contribution in [0.3, 0.4) is 0 Å². The van der Waals surface area contributed by atoms with Crippen LogP contribution in [0.25, 0.3) is 0 Å². The summed E-state index contributed by atoms with van der Waals surface area (Å²) in [4.78, 5) is 18.1. The van der Waals surface area contributed by atoms with Gasteiger partial charge in [0.1, 0.15) is 0 Å². The van der Waals surface area contributed by atoms with Gasteiger partial charge < -0.3 is 10.6 Å². The highest BCUT2D eigenvalue weighted by Crippen LogP contribution is 2.15. The standard InChI is InChI=1S/C15H17N3O/c1-11-6-7-12(9-14(11)16)15(19)18(2)10-13-5-3-4-8-17-13/h3-9H,10,16H2,1-2H3. The minimum atomic E-state index is -0.0580. The number of nitrogens with zero attached hydrogens (tertiary/aromatic N) is 2. The molecule has 0 aliphatic heterocycles. The van der Waals surface area contributed by atoms with E-state index in [1.807, 2.05) is 31.2 Å². The molecule has 19 heavy (non-hydrogen) atoms. The van der Waals surface area contributed by atoms with Gasteiger partial charge in [0, 0.05) is 24.5 Å². The number of carbonyl (C=O) groups is 1. The van der Waals surface area contributed by atoms with Crippen LogP contribution in [-0.4, -0.2) is 22.8 Å². The highest BCUT2D eigenvalue weighted by molar-refractivity contribution is 5.95. The Kier molecular flexibility index (Phi) is 3.80. The first-order valence-electron chi connectivity index (χ1n) is 6.09. The molecule has 1 aromatic heterocycles. The molecule has 0 spiro atoms. The zero-order chi connectivity index (χ0) is 13.8. The Morgan fingerprint density at radius 2 is 2.11 bits per heavy atom. The SMILES string of the molecule is Cc1ccc(C(=O)N(C)Cc2ccccn2)cc1N. The first kappa shape index (κ1) is 13.1. The second-order valence-corrected chi connectivity index (χ2v) is 4.55. The van der Waals surface area contributed by atoms with Crippen molar-refractivity contribution >= 4 is 11.6 Å². The van der Waals surface area contributed by atoms with Crippen LogP contribution in [0.2, 0.25) is 0 Å². The summed E-state index contributed by atoms with van der Waals surface area (Å²) in [5, 5.41) is 0. The van der Waals surface area contributed by atoms with Gasteiger partial charge in [-0.05, 0) is 36.8 Å². The summed E-state index contributed by atoms with van der Waals surface area (Å²) in [7, 11) is 1.76. The number of hydrogen-bond donors (Lipinski definition) is 1. The van der Waals surface area contributed by atoms with Crippen molar-refractivity contribution < 1.29 is 4.79 Å². The van der Waals surface area contributed by atoms with E-state index < -0.39 is 0 Å². The van der Waals surface area contributed by atoms with E-state index in [4.69, 9.17) is 5.73 Å². The van der Waals surface area contributed by atoms with Crippen LogP contribution in [-0.2, 0) is 6.54 Å². The molecule has 4 heteroatoms. The fourth-order valence-electron chi connectivity index (χ4n) is 1.80. The maximum atomic E-state index is 12.3. The molecule has 0 saturated carbocycles. The van der Waals surface area contributed by atoms with Crippen molar-refractivity contribution in [3.63, 3.8) is 0 Å². The summed E-state index contributed by atoms with van der Waals surface area (Å²) < 4.78 is 0. The summed E-state index contributed by atoms with van der Waals surface area (Å²) in [6, 6.07) is 11.0. The number of pyridine rings is 1. The molecule has 0 unspecified atom stereocenters. The Morgan fingerprint density at radius 3 is 2.74 bits per heavy atom. The lowest BCUT2D eigenvalue weighted by Gasteiger charge is -2.17. The summed E-state index contributed by atoms with van der Waals surface area (Å²) >= 11 is 0. The average Bonchev–Trinajstić information content (AvgIpc) is 2.42. The molecule has 1 heterocycles. The third kappa shape index (κ3) is 3.10. The number of amides is 1. The number of rotatable bonds is 3. The third-order valence-corrected chi connectivity index (χ3v) is 3.00. The van der Waals surface area contributed by atoms with E-state index in [2.05, 4.69) is 4.98 Å². The number of anilines is 1. The van der Waals surface area contributed by atoms with Crippen molar-refractivity contribution in [3.8, 4) is 0 Å². The zero-order valence-electron chi connectivity index (χ0n) is 11.1. The molecule has 0 fully saturated rings. The molecule has 0 radical (unpaired) electrons. The first-order valence-corrected chi connectivity index (χ1v) is 6.09. The van der Waals surface area contributed by atoms with Crippen LogP contribution < -0.4 is 5.73 Å². The van der Waals surface area contributed by atoms with E-state index in [1.165, 1.54) is 0 Å². The van der Waals surface area contributed by atoms with Crippen LogP contribution in [0.5, 0.6) is 0 Å². The maximum Gasteiger partial charge on any atom is 0.254 e. The Hall–Kier alpha value is -2.36. The molecule has 2 aromatic rings. The Labute approximate surface area is 112 Å². The van der Waals surface area contributed by atoms with Gasteiger partial charge in [0.25, 0.3) is 5.91 Å². The normalized spacial score (nSPS) is 10.2. The number of hydrogen-bond acceptors (Lipinski definition) is 3. The van der Waals surface area contributed by atoms with Crippen LogP contribution >= 0.6 is 0 Å². The van der Waals surface area contributed by atoms with Gasteiger partial charge >= 0.3 is 0 Å². The number of nitrogens with two attached hydrogens (primary N) is 1. The zero-order valence-corrected chi connectivity index (χ0v) is 11.1. The minimum absolute atomic E-state index is 0.0580. The Balaban J connectivity index is 2.12. The molecule has 0 bridgehead atoms. The van der Waals surface area contributed by atoms with Crippen LogP contribution in [0, 0.1) is 6.92 Å². The molecular weight excluding hydrogens is 238 g/mol. The molecular formula is C15H17N3O. The lowest BCUT2D eigenvalue weighted by molar-refractivity contribution is 0.0783. The third-order valence-electron chi connectivity index (χ3n) is 3.00. The van der Waals surface area contributed by atoms with Gasteiger partial charge in [-0.15, -0.1) is 0 Å². The molecule has 0 atom stereocenters. The van der Waals surface area contributed by atoms with E-state index in [0.29, 0.717) is 17.8 Å². The number of carbonyl (C=O) groups excluding carboxylic acids is 1. The van der Waals surface area contributed by atoms with Gasteiger partial charge in [-0.25, -0.2) is 0 Å². The van der Waals surface area contributed by atoms with Gasteiger partial charge in [0.05, 0.1) is 12.2 Å². The summed E-state index contributed by atoms with van der Waals surface area (Å²) in [6.45, 7) is 2.40. The Bertz CT molecular complexity index is 581. The molecule has 98 valence electrons. The lowest BCUT2D eigenvalue weighted by atomic mass is 10.1. The van der Waals surface area contributed by atoms with Gasteiger partial charge in [-0.2, -0.15) is 0 Å². The Morgan fingerprint density at radius 1 is 1.32 bits per heavy atom. The highest BCUT2D eigenvalue weighted by Gasteiger charge is 2.13. The highest BCUT2D eigenvalue weighted by atomic mass is 16.2. The van der Waals surface area contributed by atoms with Gasteiger partial charge in [0.2, 0.25) is 0 Å². The predicted octanol–water partition coefficient (Wildman–Crippen LogP) is 2.24. The van der Waals surface area contributed by atoms with Crippen molar-refractivity contribution in [2.24, 2.45) is 0 Å². The molecule has 4 nitrogen and oxygen atoms in total. The molecule has 0 aliphatic carbocycles. The second-order valence-electron chi connectivity index (χ2n) is 4.55. The smallest absolute Gasteiger partial charge is 0.254 e. The predicted molar refractivity (Wildman–Crippen MR) is 75.6 cm³/mol. The quantitative estimate of drug-likeness (QED) is 0.856. The van der Waals surface area contributed by atoms with Crippen LogP contribution in [0.4, 0.5) is 5.69 Å². The van der Waals surface area contributed by atoms with Gasteiger partial charge in [-0.3, -0.25) is 9.78 Å². The van der Waals surface area contributed by atoms with Gasteiger partial charge in [0.15, 0.2) is 0 Å². The monoisotopic (exact) mass is 255 g/mol. The number of aromatic nitrogens is 1. The molecule has 1 amide bonds. The number of aryl methyl sites for hydroxylation is 1. The van der Waals surface area contributed by atoms with Crippen molar-refractivity contribution in [1.82, 2.24) is 9.88 Å². The number of benzene rings is 1. The van der Waals surface area contributed by atoms with Gasteiger partial charge in [-0.1, -0.05) is 12.1 Å². The molecule has 2 rings (SSSR count). The van der Waals surface area contributed by atoms with E-state index >= 15 is 0 Å². The fourth-order valence-corrected chi connectivity index (χ4v) is 1.80. The summed E-state index contributed by atoms with van der Waals surface area (Å²) in [5.41, 5.74) is 8.90. The number of nitrogen functional groups attached to an aromatic ring is 1. The molecule has 2 N–H and O–H groups in total. The van der Waals surface area contributed by atoms with Crippen molar-refractivity contribution in [2.45, 2.75) is 13.5 Å². The largest absolute Gasteiger partial charge is 0.398 e. The summed E-state index contributed by atoms with van der Waals surface area (Å²) in [6.07, 6.45) is 1.72. The topological polar surface area (TPSA) is 59.2 Å². The lowest BCUT2D eigenvalue weighted by Crippen LogP contribution is -2.26. The second kappa shape index (κ2) is 5.52. The fraction of sp³-hybridized carbons (Fsp3) is 0.200. The van der Waals surface area contributed by atoms with E-state index in [1.54, 1.807) is 30.3 Å². The molecule has 0 saturated heterocycles. The molecule has 1 aromatic carbocycles. The van der Waals surface area contributed by atoms with E-state index in [0.717, 1.165) is 11.3 Å². The molecule has 0 aliphatic rings. The van der Waals surface area contributed by atoms with E-state index in [-0.39, 0.29) is 5.91 Å².